The first-order valence-corrected chi connectivity index (χ1v) is 22.8. The molecule has 300 valence electrons. The Kier molecular flexibility index (Phi) is 12.5. The van der Waals surface area contributed by atoms with E-state index < -0.39 is 19.7 Å². The van der Waals surface area contributed by atoms with E-state index in [-0.39, 0.29) is 29.6 Å². The highest BCUT2D eigenvalue weighted by atomic mass is 28.3. The zero-order valence-corrected chi connectivity index (χ0v) is 35.2. The summed E-state index contributed by atoms with van der Waals surface area (Å²) < 4.78 is 51.0. The average molecular weight is 785 g/mol. The number of methoxy groups -OCH3 is 1. The van der Waals surface area contributed by atoms with Crippen LogP contribution < -0.4 is 19.7 Å². The first-order chi connectivity index (χ1) is 27.0. The summed E-state index contributed by atoms with van der Waals surface area (Å²) in [4.78, 5) is 19.1. The lowest BCUT2D eigenvalue weighted by atomic mass is 9.95. The summed E-state index contributed by atoms with van der Waals surface area (Å²) in [5.41, 5.74) is 5.51. The summed E-state index contributed by atoms with van der Waals surface area (Å²) in [5, 5.41) is 5.07. The quantitative estimate of drug-likeness (QED) is 0.0621. The van der Waals surface area contributed by atoms with Gasteiger partial charge in [-0.25, -0.2) is 8.78 Å². The number of benzene rings is 2. The lowest BCUT2D eigenvalue weighted by molar-refractivity contribution is 0.0512. The molecular weight excluding hydrogens is 727 g/mol. The van der Waals surface area contributed by atoms with Gasteiger partial charge in [-0.2, -0.15) is 9.97 Å². The fourth-order valence-electron chi connectivity index (χ4n) is 9.82. The normalized spacial score (nSPS) is 19.0. The Morgan fingerprint density at radius 1 is 0.946 bits per heavy atom. The molecule has 4 aromatic rings. The van der Waals surface area contributed by atoms with Crippen LogP contribution in [0, 0.1) is 34.9 Å². The second kappa shape index (κ2) is 17.3. The summed E-state index contributed by atoms with van der Waals surface area (Å²) in [6, 6.07) is 6.79. The monoisotopic (exact) mass is 784 g/mol. The van der Waals surface area contributed by atoms with Crippen molar-refractivity contribution in [2.75, 3.05) is 71.2 Å². The fraction of sp³-hybridized carbons (Fsp3) is 0.568. The molecule has 3 fully saturated rings. The van der Waals surface area contributed by atoms with E-state index in [0.29, 0.717) is 68.4 Å². The van der Waals surface area contributed by atoms with Crippen LogP contribution in [-0.4, -0.2) is 94.2 Å². The minimum Gasteiger partial charge on any atom is -0.468 e. The van der Waals surface area contributed by atoms with Gasteiger partial charge in [-0.1, -0.05) is 53.5 Å². The number of piperazine rings is 1. The molecule has 0 amide bonds. The van der Waals surface area contributed by atoms with Gasteiger partial charge in [0.2, 0.25) is 0 Å². The smallest absolute Gasteiger partial charge is 0.319 e. The molecule has 2 bridgehead atoms. The van der Waals surface area contributed by atoms with Gasteiger partial charge in [0, 0.05) is 70.1 Å². The molecule has 1 saturated carbocycles. The first-order valence-electron chi connectivity index (χ1n) is 20.6. The number of hydrogen-bond acceptors (Lipinski definition) is 9. The lowest BCUT2D eigenvalue weighted by Crippen LogP contribution is -2.44. The Morgan fingerprint density at radius 3 is 2.34 bits per heavy atom. The predicted molar refractivity (Wildman–Crippen MR) is 223 cm³/mol. The fourth-order valence-corrected chi connectivity index (χ4v) is 15.0. The van der Waals surface area contributed by atoms with E-state index >= 15 is 8.78 Å². The number of anilines is 1. The maximum absolute atomic E-state index is 17.5. The second-order valence-corrected chi connectivity index (χ2v) is 22.5. The van der Waals surface area contributed by atoms with Gasteiger partial charge in [-0.15, -0.1) is 5.54 Å². The number of halogens is 2. The maximum Gasteiger partial charge on any atom is 0.319 e. The van der Waals surface area contributed by atoms with Gasteiger partial charge in [-0.3, -0.25) is 4.98 Å². The molecule has 4 heterocycles. The number of pyridine rings is 1. The van der Waals surface area contributed by atoms with Gasteiger partial charge < -0.3 is 29.3 Å². The van der Waals surface area contributed by atoms with Crippen molar-refractivity contribution in [3.05, 3.63) is 47.7 Å². The topological polar surface area (TPSA) is 84.9 Å². The van der Waals surface area contributed by atoms with E-state index in [0.717, 1.165) is 52.2 Å². The summed E-state index contributed by atoms with van der Waals surface area (Å²) in [5.74, 6) is 4.53. The van der Waals surface area contributed by atoms with Crippen molar-refractivity contribution in [3.8, 4) is 34.5 Å². The van der Waals surface area contributed by atoms with Gasteiger partial charge in [-0.05, 0) is 77.7 Å². The Balaban J connectivity index is 1.37. The summed E-state index contributed by atoms with van der Waals surface area (Å²) >= 11 is 0. The highest BCUT2D eigenvalue weighted by molar-refractivity contribution is 6.90. The summed E-state index contributed by atoms with van der Waals surface area (Å²) in [6.07, 6.45) is 6.08. The van der Waals surface area contributed by atoms with E-state index in [1.54, 1.807) is 25.4 Å². The minimum absolute atomic E-state index is 0.0124. The molecule has 12 heteroatoms. The number of piperidine rings is 1. The van der Waals surface area contributed by atoms with Gasteiger partial charge >= 0.3 is 6.01 Å². The standard InChI is InChI=1S/C44H58F2N6O3Si/c1-28(2)56(29(3)4,30(5)6)20-13-35-38(45)12-11-33-22-34(55-27-53-7)23-36(39(33)35)41-40(46)42-37(24-48-41)43(52-25-31-9-10-32(21-31)26-52)50-44(49-42)54-19-8-16-51-17-14-47-15-18-51/h11-12,22-24,28-32,47H,8-10,14-19,21,25-27H2,1-7H3. The number of rotatable bonds is 13. The van der Waals surface area contributed by atoms with E-state index in [2.05, 4.69) is 68.1 Å². The van der Waals surface area contributed by atoms with Crippen LogP contribution in [0.25, 0.3) is 32.9 Å². The largest absolute Gasteiger partial charge is 0.468 e. The third-order valence-electron chi connectivity index (χ3n) is 12.5. The van der Waals surface area contributed by atoms with Crippen molar-refractivity contribution in [2.45, 2.75) is 83.8 Å². The highest BCUT2D eigenvalue weighted by Gasteiger charge is 2.42. The van der Waals surface area contributed by atoms with E-state index in [9.17, 15) is 0 Å². The zero-order valence-electron chi connectivity index (χ0n) is 34.2. The Bertz CT molecular complexity index is 2060. The van der Waals surface area contributed by atoms with Crippen LogP contribution in [0.3, 0.4) is 0 Å². The van der Waals surface area contributed by atoms with Gasteiger partial charge in [0.05, 0.1) is 17.6 Å². The Morgan fingerprint density at radius 2 is 1.66 bits per heavy atom. The molecule has 2 aliphatic heterocycles. The van der Waals surface area contributed by atoms with Crippen molar-refractivity contribution in [2.24, 2.45) is 11.8 Å². The zero-order chi connectivity index (χ0) is 39.6. The van der Waals surface area contributed by atoms with Crippen LogP contribution in [0.1, 0.15) is 72.8 Å². The van der Waals surface area contributed by atoms with Crippen molar-refractivity contribution in [1.82, 2.24) is 25.2 Å². The van der Waals surface area contributed by atoms with E-state index in [1.165, 1.54) is 25.3 Å². The van der Waals surface area contributed by atoms with Crippen LogP contribution in [0.2, 0.25) is 16.6 Å². The summed E-state index contributed by atoms with van der Waals surface area (Å²) in [6.45, 7) is 20.4. The van der Waals surface area contributed by atoms with Crippen molar-refractivity contribution < 1.29 is 23.0 Å². The average Bonchev–Trinajstić information content (AvgIpc) is 3.52. The third-order valence-corrected chi connectivity index (χ3v) is 18.8. The number of nitrogens with zero attached hydrogens (tertiary/aromatic N) is 5. The van der Waals surface area contributed by atoms with Crippen molar-refractivity contribution in [3.63, 3.8) is 0 Å². The molecule has 9 nitrogen and oxygen atoms in total. The molecule has 1 aliphatic carbocycles. The van der Waals surface area contributed by atoms with E-state index in [1.807, 2.05) is 6.07 Å². The van der Waals surface area contributed by atoms with Gasteiger partial charge in [0.25, 0.3) is 0 Å². The van der Waals surface area contributed by atoms with Crippen LogP contribution in [-0.2, 0) is 4.74 Å². The van der Waals surface area contributed by atoms with Crippen molar-refractivity contribution >= 4 is 35.6 Å². The Hall–Kier alpha value is -3.89. The SMILES string of the molecule is COCOc1cc(-c2ncc3c(N4CC5CCC(C5)C4)nc(OCCCN4CCNCC4)nc3c2F)c2c(C#C[Si](C(C)C)(C(C)C)C(C)C)c(F)ccc2c1. The molecule has 2 unspecified atom stereocenters. The molecule has 0 spiro atoms. The number of nitrogens with one attached hydrogen (secondary N) is 1. The predicted octanol–water partition coefficient (Wildman–Crippen LogP) is 8.59. The molecule has 1 N–H and O–H groups in total. The molecule has 2 aromatic heterocycles. The van der Waals surface area contributed by atoms with Crippen LogP contribution in [0.4, 0.5) is 14.6 Å². The number of fused-ring (bicyclic) bond motifs is 4. The molecule has 7 rings (SSSR count). The van der Waals surface area contributed by atoms with Crippen LogP contribution in [0.15, 0.2) is 30.5 Å². The molecule has 2 atom stereocenters. The first kappa shape index (κ1) is 40.3. The molecule has 2 aromatic carbocycles. The third kappa shape index (κ3) is 8.10. The molecule has 56 heavy (non-hydrogen) atoms. The Labute approximate surface area is 331 Å². The van der Waals surface area contributed by atoms with E-state index in [4.69, 9.17) is 29.2 Å². The maximum atomic E-state index is 17.5. The molecular formula is C44H58F2N6O3Si. The number of hydrogen-bond donors (Lipinski definition) is 1. The molecule has 3 aliphatic rings. The summed E-state index contributed by atoms with van der Waals surface area (Å²) in [7, 11) is -0.710. The minimum atomic E-state index is -2.25. The number of ether oxygens (including phenoxy) is 3. The van der Waals surface area contributed by atoms with Gasteiger partial charge in [0.1, 0.15) is 36.7 Å². The molecule has 0 radical (unpaired) electrons. The van der Waals surface area contributed by atoms with Crippen molar-refractivity contribution in [1.29, 1.82) is 0 Å². The van der Waals surface area contributed by atoms with Crippen LogP contribution >= 0.6 is 0 Å². The highest BCUT2D eigenvalue weighted by Crippen LogP contribution is 2.44. The van der Waals surface area contributed by atoms with Gasteiger partial charge in [0.15, 0.2) is 12.6 Å². The molecule has 2 saturated heterocycles. The second-order valence-electron chi connectivity index (χ2n) is 16.9. The number of aromatic nitrogens is 3. The lowest BCUT2D eigenvalue weighted by Gasteiger charge is -2.38. The van der Waals surface area contributed by atoms with Crippen LogP contribution in [0.5, 0.6) is 11.8 Å².